The molecule has 1 unspecified atom stereocenters. The van der Waals surface area contributed by atoms with Gasteiger partial charge in [-0.3, -0.25) is 9.89 Å². The summed E-state index contributed by atoms with van der Waals surface area (Å²) in [6.07, 6.45) is 1.54. The van der Waals surface area contributed by atoms with Crippen molar-refractivity contribution in [3.63, 3.8) is 0 Å². The minimum absolute atomic E-state index is 0.0795. The minimum Gasteiger partial charge on any atom is -0.383 e. The molecule has 2 rings (SSSR count). The van der Waals surface area contributed by atoms with Gasteiger partial charge in [-0.05, 0) is 6.92 Å². The number of H-pyrrole nitrogens is 1. The average molecular weight is 210 g/mol. The fourth-order valence-electron chi connectivity index (χ4n) is 1.64. The molecular weight excluding hydrogens is 196 g/mol. The van der Waals surface area contributed by atoms with E-state index < -0.39 is 0 Å². The number of anilines is 1. The van der Waals surface area contributed by atoms with Crippen molar-refractivity contribution in [2.45, 2.75) is 13.0 Å². The molecule has 82 valence electrons. The van der Waals surface area contributed by atoms with Crippen LogP contribution in [-0.2, 0) is 4.74 Å². The van der Waals surface area contributed by atoms with Crippen LogP contribution in [0.3, 0.4) is 0 Å². The van der Waals surface area contributed by atoms with Crippen molar-refractivity contribution in [2.24, 2.45) is 0 Å². The van der Waals surface area contributed by atoms with E-state index >= 15 is 0 Å². The van der Waals surface area contributed by atoms with Crippen molar-refractivity contribution in [3.05, 3.63) is 11.8 Å². The molecule has 15 heavy (non-hydrogen) atoms. The number of hydrogen-bond acceptors (Lipinski definition) is 4. The van der Waals surface area contributed by atoms with E-state index in [1.54, 1.807) is 4.90 Å². The first-order chi connectivity index (χ1) is 7.18. The van der Waals surface area contributed by atoms with Crippen LogP contribution in [0.15, 0.2) is 6.20 Å². The molecule has 3 N–H and O–H groups in total. The first-order valence-corrected chi connectivity index (χ1v) is 4.88. The second-order valence-corrected chi connectivity index (χ2v) is 3.63. The van der Waals surface area contributed by atoms with Crippen LogP contribution in [0.2, 0.25) is 0 Å². The number of carbonyl (C=O) groups is 1. The number of nitrogens with zero attached hydrogens (tertiary/aromatic N) is 2. The van der Waals surface area contributed by atoms with Gasteiger partial charge in [-0.25, -0.2) is 0 Å². The van der Waals surface area contributed by atoms with E-state index in [1.165, 1.54) is 6.20 Å². The number of carbonyl (C=O) groups excluding carboxylic acids is 1. The molecule has 0 saturated carbocycles. The molecule has 0 radical (unpaired) electrons. The standard InChI is InChI=1S/C9H14N4O2/c1-6-5-13(2-3-15-6)9(14)7-4-11-12-8(7)10/h4,6H,2-3,5H2,1H3,(H3,10,11,12). The molecule has 1 atom stereocenters. The molecule has 6 nitrogen and oxygen atoms in total. The van der Waals surface area contributed by atoms with Gasteiger partial charge in [0, 0.05) is 13.1 Å². The fourth-order valence-corrected chi connectivity index (χ4v) is 1.64. The number of rotatable bonds is 1. The highest BCUT2D eigenvalue weighted by Gasteiger charge is 2.24. The van der Waals surface area contributed by atoms with E-state index in [2.05, 4.69) is 10.2 Å². The molecule has 0 aliphatic carbocycles. The van der Waals surface area contributed by atoms with Gasteiger partial charge in [0.1, 0.15) is 11.4 Å². The van der Waals surface area contributed by atoms with Crippen LogP contribution >= 0.6 is 0 Å². The summed E-state index contributed by atoms with van der Waals surface area (Å²) < 4.78 is 5.36. The maximum atomic E-state index is 12.0. The molecule has 1 fully saturated rings. The summed E-state index contributed by atoms with van der Waals surface area (Å²) in [5, 5.41) is 6.28. The number of morpholine rings is 1. The zero-order chi connectivity index (χ0) is 10.8. The summed E-state index contributed by atoms with van der Waals surface area (Å²) in [7, 11) is 0. The third-order valence-corrected chi connectivity index (χ3v) is 2.43. The zero-order valence-electron chi connectivity index (χ0n) is 8.56. The van der Waals surface area contributed by atoms with Gasteiger partial charge < -0.3 is 15.4 Å². The SMILES string of the molecule is CC1CN(C(=O)c2cn[nH]c2N)CCO1. The van der Waals surface area contributed by atoms with Crippen LogP contribution in [0.5, 0.6) is 0 Å². The normalized spacial score (nSPS) is 21.7. The summed E-state index contributed by atoms with van der Waals surface area (Å²) in [4.78, 5) is 13.7. The molecule has 2 heterocycles. The van der Waals surface area contributed by atoms with Crippen LogP contribution in [0.25, 0.3) is 0 Å². The first kappa shape index (κ1) is 9.97. The second-order valence-electron chi connectivity index (χ2n) is 3.63. The van der Waals surface area contributed by atoms with Crippen LogP contribution in [0, 0.1) is 0 Å². The Morgan fingerprint density at radius 1 is 1.80 bits per heavy atom. The molecule has 0 spiro atoms. The third kappa shape index (κ3) is 1.94. The van der Waals surface area contributed by atoms with Gasteiger partial charge >= 0.3 is 0 Å². The number of nitrogens with two attached hydrogens (primary N) is 1. The van der Waals surface area contributed by atoms with Crippen LogP contribution in [0.1, 0.15) is 17.3 Å². The Morgan fingerprint density at radius 3 is 3.20 bits per heavy atom. The lowest BCUT2D eigenvalue weighted by Gasteiger charge is -2.30. The smallest absolute Gasteiger partial charge is 0.259 e. The van der Waals surface area contributed by atoms with Gasteiger partial charge in [-0.15, -0.1) is 0 Å². The zero-order valence-corrected chi connectivity index (χ0v) is 8.56. The first-order valence-electron chi connectivity index (χ1n) is 4.88. The quantitative estimate of drug-likeness (QED) is 0.675. The maximum absolute atomic E-state index is 12.0. The van der Waals surface area contributed by atoms with Crippen molar-refractivity contribution in [2.75, 3.05) is 25.4 Å². The molecule has 1 amide bonds. The van der Waals surface area contributed by atoms with Crippen molar-refractivity contribution in [1.29, 1.82) is 0 Å². The largest absolute Gasteiger partial charge is 0.383 e. The lowest BCUT2D eigenvalue weighted by molar-refractivity contribution is -0.0123. The van der Waals surface area contributed by atoms with Gasteiger partial charge in [0.05, 0.1) is 18.9 Å². The van der Waals surface area contributed by atoms with E-state index in [1.807, 2.05) is 6.92 Å². The van der Waals surface area contributed by atoms with E-state index in [-0.39, 0.29) is 12.0 Å². The van der Waals surface area contributed by atoms with Crippen LogP contribution in [-0.4, -0.2) is 46.8 Å². The van der Waals surface area contributed by atoms with E-state index in [0.29, 0.717) is 31.1 Å². The number of aromatic amines is 1. The second kappa shape index (κ2) is 3.90. The van der Waals surface area contributed by atoms with Gasteiger partial charge in [0.2, 0.25) is 0 Å². The Bertz CT molecular complexity index is 363. The Hall–Kier alpha value is -1.56. The number of aromatic nitrogens is 2. The van der Waals surface area contributed by atoms with Crippen LogP contribution < -0.4 is 5.73 Å². The topological polar surface area (TPSA) is 84.2 Å². The Labute approximate surface area is 87.4 Å². The van der Waals surface area contributed by atoms with Gasteiger partial charge in [0.15, 0.2) is 0 Å². The highest BCUT2D eigenvalue weighted by molar-refractivity contribution is 5.98. The Kier molecular flexibility index (Phi) is 2.59. The molecule has 1 aliphatic heterocycles. The van der Waals surface area contributed by atoms with Crippen molar-refractivity contribution in [1.82, 2.24) is 15.1 Å². The molecule has 0 aromatic carbocycles. The molecular formula is C9H14N4O2. The number of amides is 1. The molecule has 1 aromatic rings. The fraction of sp³-hybridized carbons (Fsp3) is 0.556. The minimum atomic E-state index is -0.0867. The lowest BCUT2D eigenvalue weighted by atomic mass is 10.2. The highest BCUT2D eigenvalue weighted by atomic mass is 16.5. The molecule has 1 saturated heterocycles. The number of hydrogen-bond donors (Lipinski definition) is 2. The molecule has 6 heteroatoms. The predicted octanol–water partition coefficient (Wildman–Crippen LogP) is -0.147. The van der Waals surface area contributed by atoms with E-state index in [9.17, 15) is 4.79 Å². The van der Waals surface area contributed by atoms with Crippen molar-refractivity contribution < 1.29 is 9.53 Å². The lowest BCUT2D eigenvalue weighted by Crippen LogP contribution is -2.44. The molecule has 0 bridgehead atoms. The van der Waals surface area contributed by atoms with Crippen LogP contribution in [0.4, 0.5) is 5.82 Å². The third-order valence-electron chi connectivity index (χ3n) is 2.43. The summed E-state index contributed by atoms with van der Waals surface area (Å²) in [5.41, 5.74) is 6.02. The summed E-state index contributed by atoms with van der Waals surface area (Å²) in [6.45, 7) is 3.72. The van der Waals surface area contributed by atoms with Gasteiger partial charge in [0.25, 0.3) is 5.91 Å². The van der Waals surface area contributed by atoms with Gasteiger partial charge in [-0.1, -0.05) is 0 Å². The summed E-state index contributed by atoms with van der Waals surface area (Å²) in [6, 6.07) is 0. The Morgan fingerprint density at radius 2 is 2.60 bits per heavy atom. The number of ether oxygens (including phenoxy) is 1. The number of nitrogen functional groups attached to an aromatic ring is 1. The summed E-state index contributed by atoms with van der Waals surface area (Å²) in [5.74, 6) is 0.232. The van der Waals surface area contributed by atoms with Crippen molar-refractivity contribution in [3.8, 4) is 0 Å². The van der Waals surface area contributed by atoms with E-state index in [4.69, 9.17) is 10.5 Å². The molecule has 1 aliphatic rings. The summed E-state index contributed by atoms with van der Waals surface area (Å²) >= 11 is 0. The predicted molar refractivity (Wildman–Crippen MR) is 54.3 cm³/mol. The Balaban J connectivity index is 2.11. The average Bonchev–Trinajstić information content (AvgIpc) is 2.63. The van der Waals surface area contributed by atoms with Crippen molar-refractivity contribution >= 4 is 11.7 Å². The molecule has 1 aromatic heterocycles. The number of nitrogens with one attached hydrogen (secondary N) is 1. The monoisotopic (exact) mass is 210 g/mol. The highest BCUT2D eigenvalue weighted by Crippen LogP contribution is 2.13. The van der Waals surface area contributed by atoms with E-state index in [0.717, 1.165) is 0 Å². The maximum Gasteiger partial charge on any atom is 0.259 e. The van der Waals surface area contributed by atoms with Gasteiger partial charge in [-0.2, -0.15) is 5.10 Å².